The van der Waals surface area contributed by atoms with Crippen LogP contribution in [0.3, 0.4) is 0 Å². The first kappa shape index (κ1) is 22.5. The summed E-state index contributed by atoms with van der Waals surface area (Å²) in [5.41, 5.74) is 0.228. The molecule has 1 aromatic carbocycles. The number of nitrogens with zero attached hydrogens (tertiary/aromatic N) is 1. The van der Waals surface area contributed by atoms with E-state index in [-0.39, 0.29) is 35.8 Å². The number of amides is 2. The second-order valence-corrected chi connectivity index (χ2v) is 8.05. The van der Waals surface area contributed by atoms with Crippen molar-refractivity contribution in [3.8, 4) is 5.75 Å². The molecule has 0 aliphatic carbocycles. The lowest BCUT2D eigenvalue weighted by Gasteiger charge is -2.33. The zero-order chi connectivity index (χ0) is 21.6. The van der Waals surface area contributed by atoms with Crippen molar-refractivity contribution in [2.45, 2.75) is 58.6 Å². The van der Waals surface area contributed by atoms with E-state index >= 15 is 0 Å². The van der Waals surface area contributed by atoms with Crippen molar-refractivity contribution < 1.29 is 29.0 Å². The average molecular weight is 406 g/mol. The first-order valence-electron chi connectivity index (χ1n) is 9.85. The number of ether oxygens (including phenoxy) is 2. The van der Waals surface area contributed by atoms with Crippen LogP contribution >= 0.6 is 0 Å². The number of benzene rings is 1. The number of carboxylic acid groups (broad SMARTS) is 1. The summed E-state index contributed by atoms with van der Waals surface area (Å²) < 4.78 is 10.8. The number of nitrogens with one attached hydrogen (secondary N) is 1. The van der Waals surface area contributed by atoms with Gasteiger partial charge in [-0.1, -0.05) is 6.07 Å². The normalized spacial score (nSPS) is 15.0. The highest BCUT2D eigenvalue weighted by Crippen LogP contribution is 2.21. The Morgan fingerprint density at radius 3 is 2.41 bits per heavy atom. The monoisotopic (exact) mass is 406 g/mol. The molecule has 8 nitrogen and oxygen atoms in total. The van der Waals surface area contributed by atoms with Crippen molar-refractivity contribution in [3.05, 3.63) is 29.3 Å². The predicted molar refractivity (Wildman–Crippen MR) is 107 cm³/mol. The van der Waals surface area contributed by atoms with Gasteiger partial charge in [-0.3, -0.25) is 4.79 Å². The highest BCUT2D eigenvalue weighted by atomic mass is 16.6. The zero-order valence-corrected chi connectivity index (χ0v) is 17.5. The molecule has 2 N–H and O–H groups in total. The van der Waals surface area contributed by atoms with Gasteiger partial charge in [0.05, 0.1) is 13.0 Å². The van der Waals surface area contributed by atoms with E-state index in [1.807, 2.05) is 20.8 Å². The van der Waals surface area contributed by atoms with E-state index in [0.29, 0.717) is 38.1 Å². The van der Waals surface area contributed by atoms with Gasteiger partial charge < -0.3 is 24.8 Å². The summed E-state index contributed by atoms with van der Waals surface area (Å²) in [6.45, 7) is 8.66. The summed E-state index contributed by atoms with van der Waals surface area (Å²) in [7, 11) is 0. The molecule has 1 aliphatic heterocycles. The summed E-state index contributed by atoms with van der Waals surface area (Å²) >= 11 is 0. The van der Waals surface area contributed by atoms with Crippen molar-refractivity contribution in [1.82, 2.24) is 10.2 Å². The van der Waals surface area contributed by atoms with E-state index in [4.69, 9.17) is 9.47 Å². The van der Waals surface area contributed by atoms with Crippen LogP contribution < -0.4 is 10.1 Å². The molecule has 1 fully saturated rings. The molecule has 0 spiro atoms. The van der Waals surface area contributed by atoms with Gasteiger partial charge in [0.15, 0.2) is 0 Å². The molecule has 8 heteroatoms. The smallest absolute Gasteiger partial charge is 0.410 e. The fraction of sp³-hybridized carbons (Fsp3) is 0.571. The van der Waals surface area contributed by atoms with Crippen LogP contribution in [0.5, 0.6) is 5.75 Å². The van der Waals surface area contributed by atoms with Crippen LogP contribution in [0.1, 0.15) is 56.5 Å². The first-order chi connectivity index (χ1) is 13.6. The van der Waals surface area contributed by atoms with Crippen molar-refractivity contribution in [3.63, 3.8) is 0 Å². The highest BCUT2D eigenvalue weighted by molar-refractivity contribution is 5.91. The molecule has 2 amide bonds. The Morgan fingerprint density at radius 2 is 1.86 bits per heavy atom. The third kappa shape index (κ3) is 6.96. The fourth-order valence-corrected chi connectivity index (χ4v) is 3.13. The predicted octanol–water partition coefficient (Wildman–Crippen LogP) is 2.84. The summed E-state index contributed by atoms with van der Waals surface area (Å²) in [6, 6.07) is 4.66. The van der Waals surface area contributed by atoms with E-state index in [1.54, 1.807) is 24.0 Å². The lowest BCUT2D eigenvalue weighted by atomic mass is 10.0. The van der Waals surface area contributed by atoms with Crippen LogP contribution in [0.15, 0.2) is 18.2 Å². The van der Waals surface area contributed by atoms with Crippen LogP contribution in [0.25, 0.3) is 0 Å². The number of rotatable bonds is 6. The summed E-state index contributed by atoms with van der Waals surface area (Å²) in [4.78, 5) is 37.4. The third-order valence-electron chi connectivity index (χ3n) is 4.45. The van der Waals surface area contributed by atoms with E-state index in [0.717, 1.165) is 0 Å². The number of hydrogen-bond donors (Lipinski definition) is 2. The van der Waals surface area contributed by atoms with Crippen LogP contribution in [0.2, 0.25) is 0 Å². The van der Waals surface area contributed by atoms with Gasteiger partial charge in [0.2, 0.25) is 5.91 Å². The van der Waals surface area contributed by atoms with Crippen LogP contribution in [-0.2, 0) is 16.0 Å². The molecule has 1 saturated heterocycles. The molecule has 2 rings (SSSR count). The molecular weight excluding hydrogens is 376 g/mol. The molecule has 1 heterocycles. The maximum Gasteiger partial charge on any atom is 0.410 e. The second-order valence-electron chi connectivity index (χ2n) is 8.05. The molecule has 0 atom stereocenters. The topological polar surface area (TPSA) is 105 Å². The van der Waals surface area contributed by atoms with Gasteiger partial charge in [0.25, 0.3) is 0 Å². The van der Waals surface area contributed by atoms with Gasteiger partial charge in [-0.2, -0.15) is 0 Å². The summed E-state index contributed by atoms with van der Waals surface area (Å²) in [6.07, 6.45) is 1.12. The Balaban J connectivity index is 1.87. The average Bonchev–Trinajstić information content (AvgIpc) is 2.61. The van der Waals surface area contributed by atoms with Gasteiger partial charge in [-0.05, 0) is 58.2 Å². The largest absolute Gasteiger partial charge is 0.493 e. The van der Waals surface area contributed by atoms with Crippen molar-refractivity contribution >= 4 is 18.0 Å². The van der Waals surface area contributed by atoms with Gasteiger partial charge in [0, 0.05) is 19.1 Å². The van der Waals surface area contributed by atoms with E-state index in [1.165, 1.54) is 6.07 Å². The van der Waals surface area contributed by atoms with Gasteiger partial charge >= 0.3 is 12.1 Å². The Kier molecular flexibility index (Phi) is 7.47. The Morgan fingerprint density at radius 1 is 1.21 bits per heavy atom. The quantitative estimate of drug-likeness (QED) is 0.753. The number of piperidine rings is 1. The van der Waals surface area contributed by atoms with Crippen LogP contribution in [0, 0.1) is 0 Å². The van der Waals surface area contributed by atoms with Crippen LogP contribution in [0.4, 0.5) is 4.79 Å². The van der Waals surface area contributed by atoms with Crippen molar-refractivity contribution in [1.29, 1.82) is 0 Å². The fourth-order valence-electron chi connectivity index (χ4n) is 3.13. The first-order valence-corrected chi connectivity index (χ1v) is 9.85. The van der Waals surface area contributed by atoms with Crippen LogP contribution in [-0.4, -0.2) is 59.3 Å². The molecule has 29 heavy (non-hydrogen) atoms. The molecule has 0 saturated carbocycles. The molecule has 0 aromatic heterocycles. The standard InChI is InChI=1S/C21H30N2O6/c1-5-28-17-12-14(6-7-16(17)19(25)26)13-18(24)22-15-8-10-23(11-9-15)20(27)29-21(2,3)4/h6-7,12,15H,5,8-11,13H2,1-4H3,(H,22,24)(H,25,26). The number of carbonyl (C=O) groups is 3. The minimum absolute atomic E-state index is 0.00848. The number of carbonyl (C=O) groups excluding carboxylic acids is 2. The molecule has 0 radical (unpaired) electrons. The molecule has 160 valence electrons. The Labute approximate surface area is 171 Å². The molecule has 1 aromatic rings. The lowest BCUT2D eigenvalue weighted by molar-refractivity contribution is -0.121. The zero-order valence-electron chi connectivity index (χ0n) is 17.5. The molecular formula is C21H30N2O6. The molecule has 0 bridgehead atoms. The maximum atomic E-state index is 12.4. The maximum absolute atomic E-state index is 12.4. The SMILES string of the molecule is CCOc1cc(CC(=O)NC2CCN(C(=O)OC(C)(C)C)CC2)ccc1C(=O)O. The van der Waals surface area contributed by atoms with Gasteiger partial charge in [-0.15, -0.1) is 0 Å². The minimum atomic E-state index is -1.07. The van der Waals surface area contributed by atoms with E-state index in [9.17, 15) is 19.5 Å². The van der Waals surface area contributed by atoms with Crippen molar-refractivity contribution in [2.24, 2.45) is 0 Å². The second kappa shape index (κ2) is 9.62. The Bertz CT molecular complexity index is 748. The lowest BCUT2D eigenvalue weighted by Crippen LogP contribution is -2.48. The highest BCUT2D eigenvalue weighted by Gasteiger charge is 2.27. The van der Waals surface area contributed by atoms with Gasteiger partial charge in [0.1, 0.15) is 16.9 Å². The number of aromatic carboxylic acids is 1. The van der Waals surface area contributed by atoms with E-state index in [2.05, 4.69) is 5.32 Å². The molecule has 0 unspecified atom stereocenters. The summed E-state index contributed by atoms with van der Waals surface area (Å²) in [5, 5.41) is 12.2. The minimum Gasteiger partial charge on any atom is -0.493 e. The number of carboxylic acids is 1. The number of likely N-dealkylation sites (tertiary alicyclic amines) is 1. The Hall–Kier alpha value is -2.77. The third-order valence-corrected chi connectivity index (χ3v) is 4.45. The van der Waals surface area contributed by atoms with Gasteiger partial charge in [-0.25, -0.2) is 9.59 Å². The summed E-state index contributed by atoms with van der Waals surface area (Å²) in [5.74, 6) is -0.955. The molecule has 1 aliphatic rings. The number of hydrogen-bond acceptors (Lipinski definition) is 5. The van der Waals surface area contributed by atoms with E-state index < -0.39 is 11.6 Å². The van der Waals surface area contributed by atoms with Crippen molar-refractivity contribution in [2.75, 3.05) is 19.7 Å².